The lowest BCUT2D eigenvalue weighted by Gasteiger charge is -2.20. The topological polar surface area (TPSA) is 66.9 Å². The Morgan fingerprint density at radius 1 is 1.27 bits per heavy atom. The van der Waals surface area contributed by atoms with Crippen molar-refractivity contribution >= 4 is 40.4 Å². The van der Waals surface area contributed by atoms with Gasteiger partial charge in [-0.25, -0.2) is 0 Å². The van der Waals surface area contributed by atoms with E-state index in [9.17, 15) is 9.59 Å². The summed E-state index contributed by atoms with van der Waals surface area (Å²) in [5.74, 6) is -0.238. The Bertz CT molecular complexity index is 1090. The van der Waals surface area contributed by atoms with Gasteiger partial charge < -0.3 is 10.3 Å². The molecule has 0 saturated carbocycles. The lowest BCUT2D eigenvalue weighted by Crippen LogP contribution is -2.37. The zero-order valence-electron chi connectivity index (χ0n) is 15.1. The third-order valence-corrected chi connectivity index (χ3v) is 5.79. The molecule has 0 aliphatic rings. The molecule has 136 valence electrons. The maximum absolute atomic E-state index is 12.8. The highest BCUT2D eigenvalue weighted by atomic mass is 32.1. The van der Waals surface area contributed by atoms with E-state index in [1.54, 1.807) is 36.5 Å². The molecule has 7 heteroatoms. The summed E-state index contributed by atoms with van der Waals surface area (Å²) in [5, 5.41) is 3.51. The van der Waals surface area contributed by atoms with Gasteiger partial charge in [0.1, 0.15) is 6.04 Å². The van der Waals surface area contributed by atoms with Crippen molar-refractivity contribution in [3.8, 4) is 0 Å². The first kappa shape index (κ1) is 18.5. The predicted octanol–water partition coefficient (Wildman–Crippen LogP) is 4.18. The molecule has 0 fully saturated rings. The van der Waals surface area contributed by atoms with Gasteiger partial charge in [-0.05, 0) is 63.7 Å². The summed E-state index contributed by atoms with van der Waals surface area (Å²) in [6.07, 6.45) is 0. The number of benzene rings is 1. The molecule has 2 atom stereocenters. The molecule has 0 aliphatic carbocycles. The molecule has 5 nitrogen and oxygen atoms in total. The van der Waals surface area contributed by atoms with Gasteiger partial charge in [-0.15, -0.1) is 11.3 Å². The Balaban J connectivity index is 1.92. The van der Waals surface area contributed by atoms with E-state index in [2.05, 4.69) is 16.4 Å². The Morgan fingerprint density at radius 2 is 1.96 bits per heavy atom. The first-order valence-corrected chi connectivity index (χ1v) is 9.63. The number of rotatable bonds is 4. The number of carbonyl (C=O) groups excluding carboxylic acids is 1. The molecule has 0 saturated heterocycles. The summed E-state index contributed by atoms with van der Waals surface area (Å²) in [5.41, 5.74) is 1.51. The summed E-state index contributed by atoms with van der Waals surface area (Å²) in [4.78, 5) is 31.0. The number of aromatic nitrogens is 2. The quantitative estimate of drug-likeness (QED) is 0.660. The Labute approximate surface area is 160 Å². The van der Waals surface area contributed by atoms with Gasteiger partial charge in [-0.1, -0.05) is 12.1 Å². The maximum atomic E-state index is 12.8. The molecular formula is C19H21N3O2S2. The Kier molecular flexibility index (Phi) is 5.11. The monoisotopic (exact) mass is 387 g/mol. The van der Waals surface area contributed by atoms with E-state index in [-0.39, 0.29) is 22.3 Å². The van der Waals surface area contributed by atoms with Crippen LogP contribution >= 0.6 is 23.6 Å². The molecule has 1 amide bonds. The fourth-order valence-electron chi connectivity index (χ4n) is 3.14. The van der Waals surface area contributed by atoms with Crippen LogP contribution in [0, 0.1) is 18.6 Å². The van der Waals surface area contributed by atoms with E-state index in [1.165, 1.54) is 14.3 Å². The van der Waals surface area contributed by atoms with E-state index >= 15 is 0 Å². The van der Waals surface area contributed by atoms with Crippen LogP contribution in [0.4, 0.5) is 0 Å². The number of aromatic amines is 1. The van der Waals surface area contributed by atoms with Crippen molar-refractivity contribution in [3.05, 3.63) is 60.8 Å². The highest BCUT2D eigenvalue weighted by molar-refractivity contribution is 7.71. The minimum Gasteiger partial charge on any atom is -0.348 e. The van der Waals surface area contributed by atoms with Gasteiger partial charge in [-0.3, -0.25) is 14.2 Å². The number of thiophene rings is 1. The fraction of sp³-hybridized carbons (Fsp3) is 0.316. The number of nitrogens with one attached hydrogen (secondary N) is 2. The summed E-state index contributed by atoms with van der Waals surface area (Å²) >= 11 is 7.03. The minimum atomic E-state index is -0.710. The zero-order chi connectivity index (χ0) is 19.0. The second-order valence-corrected chi connectivity index (χ2v) is 8.27. The van der Waals surface area contributed by atoms with Crippen molar-refractivity contribution < 1.29 is 4.79 Å². The van der Waals surface area contributed by atoms with E-state index < -0.39 is 6.04 Å². The van der Waals surface area contributed by atoms with Crippen molar-refractivity contribution in [3.63, 3.8) is 0 Å². The van der Waals surface area contributed by atoms with Crippen LogP contribution in [0.5, 0.6) is 0 Å². The van der Waals surface area contributed by atoms with Crippen LogP contribution in [0.25, 0.3) is 10.9 Å². The van der Waals surface area contributed by atoms with E-state index in [0.717, 1.165) is 5.56 Å². The second kappa shape index (κ2) is 7.17. The third-order valence-electron chi connectivity index (χ3n) is 4.51. The number of carbonyl (C=O) groups is 1. The van der Waals surface area contributed by atoms with Gasteiger partial charge in [0.05, 0.1) is 16.9 Å². The molecule has 1 aromatic carbocycles. The fourth-order valence-corrected chi connectivity index (χ4v) is 4.51. The maximum Gasteiger partial charge on any atom is 0.262 e. The summed E-state index contributed by atoms with van der Waals surface area (Å²) in [6, 6.07) is 8.39. The second-order valence-electron chi connectivity index (χ2n) is 6.43. The molecule has 3 aromatic rings. The molecule has 2 N–H and O–H groups in total. The van der Waals surface area contributed by atoms with Gasteiger partial charge in [0.15, 0.2) is 4.77 Å². The first-order valence-electron chi connectivity index (χ1n) is 8.40. The SMILES string of the molecule is Cc1cc(C(C)NC(=O)C(C)n2c(=S)[nH]c3ccccc3c2=O)c(C)s1. The largest absolute Gasteiger partial charge is 0.348 e. The number of hydrogen-bond acceptors (Lipinski definition) is 4. The van der Waals surface area contributed by atoms with Crippen molar-refractivity contribution in [2.24, 2.45) is 0 Å². The van der Waals surface area contributed by atoms with Crippen molar-refractivity contribution in [2.45, 2.75) is 39.8 Å². The molecule has 2 aromatic heterocycles. The first-order chi connectivity index (χ1) is 12.3. The molecule has 3 rings (SSSR count). The zero-order valence-corrected chi connectivity index (χ0v) is 16.8. The lowest BCUT2D eigenvalue weighted by molar-refractivity contribution is -0.124. The van der Waals surface area contributed by atoms with Crippen LogP contribution in [-0.4, -0.2) is 15.5 Å². The number of fused-ring (bicyclic) bond motifs is 1. The average Bonchev–Trinajstić information content (AvgIpc) is 2.93. The van der Waals surface area contributed by atoms with Gasteiger partial charge in [0.25, 0.3) is 5.56 Å². The standard InChI is InChI=1S/C19H21N3O2S2/c1-10-9-15(13(4)26-10)11(2)20-17(23)12(3)22-18(24)14-7-5-6-8-16(14)21-19(22)25/h5-9,11-12H,1-4H3,(H,20,23)(H,21,25). The highest BCUT2D eigenvalue weighted by Gasteiger charge is 2.22. The molecule has 0 bridgehead atoms. The summed E-state index contributed by atoms with van der Waals surface area (Å²) < 4.78 is 1.58. The summed E-state index contributed by atoms with van der Waals surface area (Å²) in [6.45, 7) is 7.73. The van der Waals surface area contributed by atoms with Crippen LogP contribution < -0.4 is 10.9 Å². The molecule has 0 radical (unpaired) electrons. The third kappa shape index (κ3) is 3.37. The van der Waals surface area contributed by atoms with Gasteiger partial charge >= 0.3 is 0 Å². The minimum absolute atomic E-state index is 0.136. The van der Waals surface area contributed by atoms with Crippen LogP contribution in [0.1, 0.15) is 41.2 Å². The Hall–Kier alpha value is -2.25. The van der Waals surface area contributed by atoms with Gasteiger partial charge in [0.2, 0.25) is 5.91 Å². The van der Waals surface area contributed by atoms with Crippen LogP contribution in [0.15, 0.2) is 35.1 Å². The van der Waals surface area contributed by atoms with E-state index in [1.807, 2.05) is 26.8 Å². The molecule has 0 spiro atoms. The molecule has 2 heterocycles. The van der Waals surface area contributed by atoms with Gasteiger partial charge in [-0.2, -0.15) is 0 Å². The number of para-hydroxylation sites is 1. The predicted molar refractivity (Wildman–Crippen MR) is 108 cm³/mol. The number of nitrogens with zero attached hydrogens (tertiary/aromatic N) is 1. The molecule has 0 aliphatic heterocycles. The highest BCUT2D eigenvalue weighted by Crippen LogP contribution is 2.26. The summed E-state index contributed by atoms with van der Waals surface area (Å²) in [7, 11) is 0. The molecule has 26 heavy (non-hydrogen) atoms. The molecular weight excluding hydrogens is 366 g/mol. The number of amides is 1. The van der Waals surface area contributed by atoms with E-state index in [0.29, 0.717) is 10.9 Å². The molecule has 2 unspecified atom stereocenters. The van der Waals surface area contributed by atoms with Crippen LogP contribution in [0.3, 0.4) is 0 Å². The number of aryl methyl sites for hydroxylation is 2. The smallest absolute Gasteiger partial charge is 0.262 e. The van der Waals surface area contributed by atoms with Crippen molar-refractivity contribution in [1.29, 1.82) is 0 Å². The van der Waals surface area contributed by atoms with E-state index in [4.69, 9.17) is 12.2 Å². The normalized spacial score (nSPS) is 13.5. The lowest BCUT2D eigenvalue weighted by atomic mass is 10.1. The average molecular weight is 388 g/mol. The number of H-pyrrole nitrogens is 1. The Morgan fingerprint density at radius 3 is 2.62 bits per heavy atom. The number of hydrogen-bond donors (Lipinski definition) is 2. The van der Waals surface area contributed by atoms with Crippen molar-refractivity contribution in [2.75, 3.05) is 0 Å². The van der Waals surface area contributed by atoms with Crippen LogP contribution in [-0.2, 0) is 4.79 Å². The van der Waals surface area contributed by atoms with Gasteiger partial charge in [0, 0.05) is 9.75 Å². The van der Waals surface area contributed by atoms with Crippen LogP contribution in [0.2, 0.25) is 0 Å². The van der Waals surface area contributed by atoms with Crippen molar-refractivity contribution in [1.82, 2.24) is 14.9 Å².